The van der Waals surface area contributed by atoms with E-state index >= 15 is 0 Å². The first kappa shape index (κ1) is 15.9. The largest absolute Gasteiger partial charge is 0.383 e. The molecule has 21 heavy (non-hydrogen) atoms. The van der Waals surface area contributed by atoms with Crippen LogP contribution in [0.3, 0.4) is 0 Å². The maximum absolute atomic E-state index is 9.33. The molecule has 0 amide bonds. The van der Waals surface area contributed by atoms with Gasteiger partial charge in [-0.05, 0) is 35.3 Å². The molecule has 1 aromatic heterocycles. The van der Waals surface area contributed by atoms with Crippen molar-refractivity contribution in [1.82, 2.24) is 9.27 Å². The zero-order chi connectivity index (χ0) is 15.2. The van der Waals surface area contributed by atoms with Crippen molar-refractivity contribution in [2.24, 2.45) is 0 Å². The summed E-state index contributed by atoms with van der Waals surface area (Å²) in [6.45, 7) is 0. The molecule has 0 saturated carbocycles. The molecule has 0 aliphatic rings. The molecule has 6 heteroatoms. The molecule has 0 aliphatic heterocycles. The quantitative estimate of drug-likeness (QED) is 0.755. The highest BCUT2D eigenvalue weighted by atomic mass is 35.5. The second-order valence-corrected chi connectivity index (χ2v) is 6.74. The van der Waals surface area contributed by atoms with Crippen molar-refractivity contribution >= 4 is 41.0 Å². The summed E-state index contributed by atoms with van der Waals surface area (Å²) in [6.07, 6.45) is 3.84. The Bertz CT molecular complexity index is 669. The molecule has 0 aliphatic carbocycles. The van der Waals surface area contributed by atoms with Gasteiger partial charge in [-0.15, -0.1) is 0 Å². The summed E-state index contributed by atoms with van der Waals surface area (Å²) in [5.74, 6) is 0.770. The monoisotopic (exact) mass is 335 g/mol. The minimum Gasteiger partial charge on any atom is -0.383 e. The van der Waals surface area contributed by atoms with Gasteiger partial charge in [0, 0.05) is 31.1 Å². The lowest BCUT2D eigenvalue weighted by Gasteiger charge is -2.02. The van der Waals surface area contributed by atoms with Gasteiger partial charge in [0.1, 0.15) is 16.7 Å². The van der Waals surface area contributed by atoms with E-state index in [1.54, 1.807) is 11.8 Å². The van der Waals surface area contributed by atoms with Gasteiger partial charge in [0.2, 0.25) is 0 Å². The Morgan fingerprint density at radius 1 is 1.38 bits per heavy atom. The van der Waals surface area contributed by atoms with Crippen molar-refractivity contribution < 1.29 is 0 Å². The van der Waals surface area contributed by atoms with Crippen LogP contribution in [0.2, 0.25) is 5.02 Å². The van der Waals surface area contributed by atoms with E-state index in [0.717, 1.165) is 26.2 Å². The van der Waals surface area contributed by atoms with Gasteiger partial charge in [-0.1, -0.05) is 35.5 Å². The van der Waals surface area contributed by atoms with E-state index in [1.807, 2.05) is 55.5 Å². The summed E-state index contributed by atoms with van der Waals surface area (Å²) in [6, 6.07) is 9.96. The van der Waals surface area contributed by atoms with E-state index in [2.05, 4.69) is 10.4 Å². The zero-order valence-electron chi connectivity index (χ0n) is 11.7. The molecular formula is C15H14ClN3S2. The first-order chi connectivity index (χ1) is 10.1. The van der Waals surface area contributed by atoms with Crippen LogP contribution in [0.4, 0.5) is 0 Å². The predicted molar refractivity (Wildman–Crippen MR) is 90.6 cm³/mol. The summed E-state index contributed by atoms with van der Waals surface area (Å²) in [5, 5.41) is 10.8. The fraction of sp³-hybridized carbons (Fsp3) is 0.200. The molecule has 0 atom stereocenters. The normalized spacial score (nSPS) is 10.8. The Morgan fingerprint density at radius 3 is 2.71 bits per heavy atom. The molecule has 0 radical (unpaired) electrons. The molecule has 1 aromatic carbocycles. The Balaban J connectivity index is 2.10. The Labute approximate surface area is 138 Å². The van der Waals surface area contributed by atoms with Gasteiger partial charge in [-0.25, -0.2) is 0 Å². The van der Waals surface area contributed by atoms with Crippen LogP contribution < -0.4 is 0 Å². The maximum atomic E-state index is 9.33. The third-order valence-corrected chi connectivity index (χ3v) is 4.84. The van der Waals surface area contributed by atoms with Crippen LogP contribution in [0.25, 0.3) is 6.08 Å². The molecule has 3 nitrogen and oxygen atoms in total. The van der Waals surface area contributed by atoms with Gasteiger partial charge >= 0.3 is 0 Å². The summed E-state index contributed by atoms with van der Waals surface area (Å²) >= 11 is 8.79. The van der Waals surface area contributed by atoms with Gasteiger partial charge in [0.05, 0.1) is 4.88 Å². The summed E-state index contributed by atoms with van der Waals surface area (Å²) in [4.78, 5) is 2.83. The molecule has 0 unspecified atom stereocenters. The lowest BCUT2D eigenvalue weighted by Crippen LogP contribution is -1.99. The number of halogens is 1. The third-order valence-electron chi connectivity index (χ3n) is 2.61. The first-order valence-corrected chi connectivity index (χ1v) is 8.35. The third kappa shape index (κ3) is 4.50. The number of thioether (sulfide) groups is 1. The molecule has 108 valence electrons. The van der Waals surface area contributed by atoms with Crippen LogP contribution in [-0.4, -0.2) is 23.4 Å². The molecule has 2 aromatic rings. The molecule has 2 rings (SSSR count). The Kier molecular flexibility index (Phi) is 5.68. The van der Waals surface area contributed by atoms with Gasteiger partial charge in [0.25, 0.3) is 0 Å². The highest BCUT2D eigenvalue weighted by Crippen LogP contribution is 2.30. The van der Waals surface area contributed by atoms with Crippen molar-refractivity contribution in [2.75, 3.05) is 14.1 Å². The average molecular weight is 336 g/mol. The number of hydrogen-bond acceptors (Lipinski definition) is 5. The van der Waals surface area contributed by atoms with Crippen molar-refractivity contribution in [3.8, 4) is 6.07 Å². The molecule has 0 saturated heterocycles. The number of hydrogen-bond donors (Lipinski definition) is 0. The van der Waals surface area contributed by atoms with Crippen molar-refractivity contribution in [3.05, 3.63) is 51.5 Å². The highest BCUT2D eigenvalue weighted by molar-refractivity contribution is 7.98. The summed E-state index contributed by atoms with van der Waals surface area (Å²) in [5.41, 5.74) is 1.81. The van der Waals surface area contributed by atoms with Crippen LogP contribution >= 0.6 is 34.9 Å². The fourth-order valence-electron chi connectivity index (χ4n) is 1.55. The van der Waals surface area contributed by atoms with Gasteiger partial charge in [-0.3, -0.25) is 0 Å². The highest BCUT2D eigenvalue weighted by Gasteiger charge is 2.12. The van der Waals surface area contributed by atoms with Crippen molar-refractivity contribution in [3.63, 3.8) is 0 Å². The first-order valence-electron chi connectivity index (χ1n) is 6.22. The Morgan fingerprint density at radius 2 is 2.10 bits per heavy atom. The molecule has 0 N–H and O–H groups in total. The van der Waals surface area contributed by atoms with Crippen molar-refractivity contribution in [1.29, 1.82) is 5.26 Å². The topological polar surface area (TPSA) is 39.9 Å². The molecule has 0 bridgehead atoms. The number of rotatable bonds is 5. The summed E-state index contributed by atoms with van der Waals surface area (Å²) < 4.78 is 4.38. The minimum atomic E-state index is 0.650. The van der Waals surface area contributed by atoms with Crippen LogP contribution in [0.5, 0.6) is 0 Å². The Hall–Kier alpha value is -1.48. The maximum Gasteiger partial charge on any atom is 0.129 e. The second kappa shape index (κ2) is 7.51. The zero-order valence-corrected chi connectivity index (χ0v) is 14.1. The predicted octanol–water partition coefficient (Wildman–Crippen LogP) is 4.49. The van der Waals surface area contributed by atoms with Crippen LogP contribution in [0, 0.1) is 11.3 Å². The lowest BCUT2D eigenvalue weighted by molar-refractivity contribution is 0.567. The van der Waals surface area contributed by atoms with E-state index in [9.17, 15) is 5.26 Å². The van der Waals surface area contributed by atoms with Gasteiger partial charge in [0.15, 0.2) is 0 Å². The average Bonchev–Trinajstić information content (AvgIpc) is 2.86. The van der Waals surface area contributed by atoms with E-state index in [-0.39, 0.29) is 0 Å². The number of benzene rings is 1. The van der Waals surface area contributed by atoms with E-state index < -0.39 is 0 Å². The lowest BCUT2D eigenvalue weighted by atomic mass is 10.2. The smallest absolute Gasteiger partial charge is 0.129 e. The number of aromatic nitrogens is 1. The van der Waals surface area contributed by atoms with Crippen molar-refractivity contribution in [2.45, 2.75) is 10.8 Å². The molecule has 1 heterocycles. The second-order valence-electron chi connectivity index (χ2n) is 4.53. The summed E-state index contributed by atoms with van der Waals surface area (Å²) in [7, 11) is 3.89. The van der Waals surface area contributed by atoms with Gasteiger partial charge in [-0.2, -0.15) is 9.64 Å². The van der Waals surface area contributed by atoms with Crippen LogP contribution in [0.1, 0.15) is 16.0 Å². The van der Waals surface area contributed by atoms with Gasteiger partial charge < -0.3 is 4.90 Å². The minimum absolute atomic E-state index is 0.650. The van der Waals surface area contributed by atoms with E-state index in [1.165, 1.54) is 11.5 Å². The molecule has 0 spiro atoms. The number of nitrogens with zero attached hydrogens (tertiary/aromatic N) is 3. The van der Waals surface area contributed by atoms with E-state index in [4.69, 9.17) is 11.6 Å². The number of nitriles is 1. The van der Waals surface area contributed by atoms with Crippen LogP contribution in [0.15, 0.2) is 35.5 Å². The van der Waals surface area contributed by atoms with Crippen LogP contribution in [-0.2, 0) is 5.75 Å². The standard InChI is InChI=1S/C15H14ClN3S2/c1-19(2)8-7-14-13(9-17)15(18-21-14)20-10-11-3-5-12(16)6-4-11/h3-8H,10H2,1-2H3. The molecule has 0 fully saturated rings. The fourth-order valence-corrected chi connectivity index (χ4v) is 3.49. The SMILES string of the molecule is CN(C)C=Cc1snc(SCc2ccc(Cl)cc2)c1C#N. The molecular weight excluding hydrogens is 322 g/mol. The van der Waals surface area contributed by atoms with E-state index in [0.29, 0.717) is 5.56 Å².